The van der Waals surface area contributed by atoms with Crippen LogP contribution in [0.15, 0.2) is 24.3 Å². The zero-order chi connectivity index (χ0) is 18.4. The van der Waals surface area contributed by atoms with Gasteiger partial charge in [-0.15, -0.1) is 0 Å². The maximum absolute atomic E-state index is 12.5. The van der Waals surface area contributed by atoms with Crippen molar-refractivity contribution in [1.29, 1.82) is 0 Å². The number of amides is 1. The number of aromatic nitrogens is 2. The fourth-order valence-corrected chi connectivity index (χ4v) is 4.06. The molecule has 1 aromatic heterocycles. The molecule has 1 aromatic carbocycles. The van der Waals surface area contributed by atoms with E-state index in [1.54, 1.807) is 0 Å². The van der Waals surface area contributed by atoms with Crippen LogP contribution >= 0.6 is 11.5 Å². The van der Waals surface area contributed by atoms with Gasteiger partial charge in [-0.2, -0.15) is 4.37 Å². The normalized spacial score (nSPS) is 16.8. The van der Waals surface area contributed by atoms with Gasteiger partial charge in [0.15, 0.2) is 0 Å². The van der Waals surface area contributed by atoms with Crippen LogP contribution in [0.25, 0.3) is 0 Å². The molecule has 1 aliphatic heterocycles. The number of unbranched alkanes of at least 4 members (excludes halogenated alkanes) is 2. The molecule has 1 amide bonds. The monoisotopic (exact) mass is 372 g/mol. The third-order valence-electron chi connectivity index (χ3n) is 4.82. The van der Waals surface area contributed by atoms with Crippen molar-refractivity contribution in [1.82, 2.24) is 14.7 Å². The van der Waals surface area contributed by atoms with Crippen LogP contribution < -0.4 is 10.2 Å². The highest BCUT2D eigenvalue weighted by molar-refractivity contribution is 7.09. The number of hydrogen-bond acceptors (Lipinski definition) is 5. The van der Waals surface area contributed by atoms with Crippen molar-refractivity contribution in [2.75, 3.05) is 18.0 Å². The van der Waals surface area contributed by atoms with E-state index in [1.807, 2.05) is 0 Å². The van der Waals surface area contributed by atoms with E-state index in [1.165, 1.54) is 29.1 Å². The minimum atomic E-state index is -0.100. The Morgan fingerprint density at radius 2 is 2.12 bits per heavy atom. The van der Waals surface area contributed by atoms with Crippen molar-refractivity contribution in [3.05, 3.63) is 41.2 Å². The standard InChI is InChI=1S/C20H28N4OS/c1-3-4-5-12-21-19(25)17-7-6-13-24(17)20-22-18(23-26-20)14-16-10-8-15(2)9-11-16/h8-11,17H,3-7,12-14H2,1-2H3,(H,21,25). The van der Waals surface area contributed by atoms with Gasteiger partial charge in [0, 0.05) is 31.0 Å². The lowest BCUT2D eigenvalue weighted by Gasteiger charge is -2.22. The summed E-state index contributed by atoms with van der Waals surface area (Å²) >= 11 is 1.41. The van der Waals surface area contributed by atoms with Crippen LogP contribution in [-0.2, 0) is 11.2 Å². The van der Waals surface area contributed by atoms with Crippen LogP contribution in [0.1, 0.15) is 56.0 Å². The number of anilines is 1. The maximum atomic E-state index is 12.5. The highest BCUT2D eigenvalue weighted by atomic mass is 32.1. The lowest BCUT2D eigenvalue weighted by molar-refractivity contribution is -0.122. The molecule has 1 atom stereocenters. The van der Waals surface area contributed by atoms with Crippen molar-refractivity contribution >= 4 is 22.6 Å². The van der Waals surface area contributed by atoms with Crippen LogP contribution in [0.3, 0.4) is 0 Å². The molecular formula is C20H28N4OS. The number of hydrogen-bond donors (Lipinski definition) is 1. The van der Waals surface area contributed by atoms with E-state index < -0.39 is 0 Å². The molecule has 3 rings (SSSR count). The Kier molecular flexibility index (Phi) is 6.61. The van der Waals surface area contributed by atoms with Crippen LogP contribution in [0, 0.1) is 6.92 Å². The molecule has 2 aromatic rings. The second kappa shape index (κ2) is 9.12. The molecule has 1 N–H and O–H groups in total. The highest BCUT2D eigenvalue weighted by Gasteiger charge is 2.32. The van der Waals surface area contributed by atoms with Gasteiger partial charge >= 0.3 is 0 Å². The van der Waals surface area contributed by atoms with E-state index in [0.717, 1.165) is 56.1 Å². The smallest absolute Gasteiger partial charge is 0.242 e. The molecule has 1 unspecified atom stereocenters. The fraction of sp³-hybridized carbons (Fsp3) is 0.550. The average molecular weight is 373 g/mol. The molecule has 0 aliphatic carbocycles. The molecule has 1 saturated heterocycles. The average Bonchev–Trinajstić information content (AvgIpc) is 3.29. The van der Waals surface area contributed by atoms with E-state index in [0.29, 0.717) is 0 Å². The predicted octanol–water partition coefficient (Wildman–Crippen LogP) is 3.71. The van der Waals surface area contributed by atoms with E-state index in [4.69, 9.17) is 4.98 Å². The quantitative estimate of drug-likeness (QED) is 0.718. The molecule has 0 bridgehead atoms. The van der Waals surface area contributed by atoms with Crippen molar-refractivity contribution in [2.24, 2.45) is 0 Å². The molecule has 0 spiro atoms. The third kappa shape index (κ3) is 4.81. The van der Waals surface area contributed by atoms with Crippen LogP contribution in [0.5, 0.6) is 0 Å². The summed E-state index contributed by atoms with van der Waals surface area (Å²) in [5.74, 6) is 0.969. The largest absolute Gasteiger partial charge is 0.354 e. The number of nitrogens with zero attached hydrogens (tertiary/aromatic N) is 3. The van der Waals surface area contributed by atoms with Crippen LogP contribution in [0.4, 0.5) is 5.13 Å². The second-order valence-electron chi connectivity index (χ2n) is 7.01. The van der Waals surface area contributed by atoms with Crippen LogP contribution in [0.2, 0.25) is 0 Å². The van der Waals surface area contributed by atoms with Crippen LogP contribution in [-0.4, -0.2) is 34.4 Å². The lowest BCUT2D eigenvalue weighted by Crippen LogP contribution is -2.43. The van der Waals surface area contributed by atoms with Gasteiger partial charge in [-0.25, -0.2) is 4.98 Å². The molecule has 1 fully saturated rings. The summed E-state index contributed by atoms with van der Waals surface area (Å²) in [6.07, 6.45) is 6.03. The molecule has 1 aliphatic rings. The zero-order valence-corrected chi connectivity index (χ0v) is 16.5. The molecular weight excluding hydrogens is 344 g/mol. The van der Waals surface area contributed by atoms with Crippen molar-refractivity contribution < 1.29 is 4.79 Å². The van der Waals surface area contributed by atoms with Gasteiger partial charge in [-0.3, -0.25) is 4.79 Å². The fourth-order valence-electron chi connectivity index (χ4n) is 3.29. The third-order valence-corrected chi connectivity index (χ3v) is 5.61. The minimum absolute atomic E-state index is 0.100. The summed E-state index contributed by atoms with van der Waals surface area (Å²) in [5.41, 5.74) is 2.47. The highest BCUT2D eigenvalue weighted by Crippen LogP contribution is 2.27. The van der Waals surface area contributed by atoms with Gasteiger partial charge in [0.2, 0.25) is 11.0 Å². The van der Waals surface area contributed by atoms with Crippen molar-refractivity contribution in [3.63, 3.8) is 0 Å². The Morgan fingerprint density at radius 1 is 1.31 bits per heavy atom. The first-order chi connectivity index (χ1) is 12.7. The molecule has 5 nitrogen and oxygen atoms in total. The van der Waals surface area contributed by atoms with Gasteiger partial charge in [0.05, 0.1) is 0 Å². The predicted molar refractivity (Wildman–Crippen MR) is 107 cm³/mol. The first-order valence-electron chi connectivity index (χ1n) is 9.60. The SMILES string of the molecule is CCCCCNC(=O)C1CCCN1c1nc(Cc2ccc(C)cc2)ns1. The summed E-state index contributed by atoms with van der Waals surface area (Å²) in [6.45, 7) is 5.91. The van der Waals surface area contributed by atoms with Gasteiger partial charge < -0.3 is 10.2 Å². The summed E-state index contributed by atoms with van der Waals surface area (Å²) in [6, 6.07) is 8.37. The first-order valence-corrected chi connectivity index (χ1v) is 10.4. The van der Waals surface area contributed by atoms with E-state index >= 15 is 0 Å². The van der Waals surface area contributed by atoms with E-state index in [9.17, 15) is 4.79 Å². The number of carbonyl (C=O) groups excluding carboxylic acids is 1. The zero-order valence-electron chi connectivity index (χ0n) is 15.7. The van der Waals surface area contributed by atoms with Gasteiger partial charge in [0.1, 0.15) is 11.9 Å². The minimum Gasteiger partial charge on any atom is -0.354 e. The number of nitrogens with one attached hydrogen (secondary N) is 1. The molecule has 2 heterocycles. The number of aryl methyl sites for hydroxylation is 1. The molecule has 0 saturated carbocycles. The number of rotatable bonds is 8. The van der Waals surface area contributed by atoms with Gasteiger partial charge in [0.25, 0.3) is 0 Å². The summed E-state index contributed by atoms with van der Waals surface area (Å²) in [7, 11) is 0. The Hall–Kier alpha value is -1.95. The molecule has 26 heavy (non-hydrogen) atoms. The Bertz CT molecular complexity index is 713. The Morgan fingerprint density at radius 3 is 2.88 bits per heavy atom. The summed E-state index contributed by atoms with van der Waals surface area (Å²) in [5, 5.41) is 3.96. The van der Waals surface area contributed by atoms with Gasteiger partial charge in [-0.05, 0) is 31.7 Å². The van der Waals surface area contributed by atoms with E-state index in [2.05, 4.69) is 52.7 Å². The molecule has 140 valence electrons. The Labute approximate surface area is 160 Å². The lowest BCUT2D eigenvalue weighted by atomic mass is 10.1. The topological polar surface area (TPSA) is 58.1 Å². The second-order valence-corrected chi connectivity index (χ2v) is 7.74. The number of carbonyl (C=O) groups is 1. The first kappa shape index (κ1) is 18.8. The number of benzene rings is 1. The maximum Gasteiger partial charge on any atom is 0.242 e. The van der Waals surface area contributed by atoms with E-state index in [-0.39, 0.29) is 11.9 Å². The Balaban J connectivity index is 1.60. The molecule has 6 heteroatoms. The summed E-state index contributed by atoms with van der Waals surface area (Å²) < 4.78 is 4.52. The van der Waals surface area contributed by atoms with Crippen molar-refractivity contribution in [3.8, 4) is 0 Å². The van der Waals surface area contributed by atoms with Gasteiger partial charge in [-0.1, -0.05) is 49.6 Å². The van der Waals surface area contributed by atoms with Crippen molar-refractivity contribution in [2.45, 2.75) is 58.4 Å². The molecule has 0 radical (unpaired) electrons. The summed E-state index contributed by atoms with van der Waals surface area (Å²) in [4.78, 5) is 19.4.